The first-order valence-electron chi connectivity index (χ1n) is 8.51. The number of thioether (sulfide) groups is 1. The molecule has 0 spiro atoms. The number of benzene rings is 1. The summed E-state index contributed by atoms with van der Waals surface area (Å²) in [6, 6.07) is 7.31. The second-order valence-corrected chi connectivity index (χ2v) is 7.40. The summed E-state index contributed by atoms with van der Waals surface area (Å²) in [4.78, 5) is 28.0. The average Bonchev–Trinajstić information content (AvgIpc) is 3.23. The van der Waals surface area contributed by atoms with Crippen LogP contribution >= 0.6 is 11.8 Å². The van der Waals surface area contributed by atoms with Crippen LogP contribution < -0.4 is 10.6 Å². The molecule has 1 aromatic carbocycles. The zero-order valence-corrected chi connectivity index (χ0v) is 14.9. The van der Waals surface area contributed by atoms with Gasteiger partial charge in [0.15, 0.2) is 0 Å². The molecule has 0 radical (unpaired) electrons. The minimum atomic E-state index is -0.401. The van der Waals surface area contributed by atoms with Gasteiger partial charge in [0.25, 0.3) is 5.91 Å². The molecule has 3 aliphatic rings. The van der Waals surface area contributed by atoms with Gasteiger partial charge in [-0.2, -0.15) is 0 Å². The maximum absolute atomic E-state index is 13.0. The van der Waals surface area contributed by atoms with Crippen LogP contribution in [0.3, 0.4) is 0 Å². The Bertz CT molecular complexity index is 726. The second-order valence-electron chi connectivity index (χ2n) is 6.52. The summed E-state index contributed by atoms with van der Waals surface area (Å²) in [6.45, 7) is 1.79. The molecule has 2 N–H and O–H groups in total. The number of rotatable bonds is 4. The number of ether oxygens (including phenoxy) is 1. The first-order valence-corrected chi connectivity index (χ1v) is 9.73. The highest BCUT2D eigenvalue weighted by atomic mass is 32.2. The quantitative estimate of drug-likeness (QED) is 0.807. The highest BCUT2D eigenvalue weighted by Crippen LogP contribution is 2.33. The lowest BCUT2D eigenvalue weighted by Gasteiger charge is -2.25. The molecule has 7 heteroatoms. The molecule has 6 nitrogen and oxygen atoms in total. The number of hydrogen-bond donors (Lipinski definition) is 2. The molecule has 2 atom stereocenters. The highest BCUT2D eigenvalue weighted by molar-refractivity contribution is 7.98. The molecule has 0 aliphatic carbocycles. The van der Waals surface area contributed by atoms with Gasteiger partial charge in [-0.15, -0.1) is 11.8 Å². The summed E-state index contributed by atoms with van der Waals surface area (Å²) >= 11 is 1.66. The number of nitrogens with zero attached hydrogens (tertiary/aromatic N) is 1. The van der Waals surface area contributed by atoms with Crippen LogP contribution in [-0.2, 0) is 9.53 Å². The Balaban J connectivity index is 1.58. The topological polar surface area (TPSA) is 70.7 Å². The van der Waals surface area contributed by atoms with Crippen molar-refractivity contribution in [2.75, 3.05) is 26.0 Å². The van der Waals surface area contributed by atoms with E-state index in [1.807, 2.05) is 30.5 Å². The summed E-state index contributed by atoms with van der Waals surface area (Å²) in [6.07, 6.45) is 4.15. The third-order valence-corrected chi connectivity index (χ3v) is 5.66. The molecule has 1 aromatic rings. The third-order valence-electron chi connectivity index (χ3n) is 4.92. The van der Waals surface area contributed by atoms with Crippen molar-refractivity contribution < 1.29 is 14.3 Å². The van der Waals surface area contributed by atoms with E-state index in [0.717, 1.165) is 29.9 Å². The van der Waals surface area contributed by atoms with E-state index in [-0.39, 0.29) is 18.0 Å². The van der Waals surface area contributed by atoms with Gasteiger partial charge in [0.1, 0.15) is 0 Å². The first kappa shape index (κ1) is 16.5. The molecule has 1 saturated heterocycles. The molecule has 1 fully saturated rings. The first-order chi connectivity index (χ1) is 12.2. The Morgan fingerprint density at radius 3 is 2.76 bits per heavy atom. The van der Waals surface area contributed by atoms with Crippen LogP contribution in [0.25, 0.3) is 0 Å². The van der Waals surface area contributed by atoms with E-state index in [1.54, 1.807) is 16.7 Å². The maximum atomic E-state index is 13.0. The summed E-state index contributed by atoms with van der Waals surface area (Å²) in [7, 11) is 0. The van der Waals surface area contributed by atoms with Gasteiger partial charge in [0.05, 0.1) is 30.0 Å². The standard InChI is InChI=1S/C18H21N3O3S/c1-25-13-6-4-11(5-7-13)16-15-14(19-18(23)20-16)10-21(17(15)22)9-12-3-2-8-24-12/h4-7,12,16H,2-3,8-10H2,1H3,(H2,19,20,23)/t12-,16+/m0/s1. The van der Waals surface area contributed by atoms with Gasteiger partial charge in [0.2, 0.25) is 0 Å². The minimum absolute atomic E-state index is 0.0167. The number of carbonyl (C=O) groups is 2. The molecule has 3 aliphatic heterocycles. The summed E-state index contributed by atoms with van der Waals surface area (Å²) in [5.74, 6) is -0.0167. The van der Waals surface area contributed by atoms with Gasteiger partial charge in [-0.3, -0.25) is 4.79 Å². The van der Waals surface area contributed by atoms with Crippen LogP contribution in [0.15, 0.2) is 40.4 Å². The number of amides is 3. The Morgan fingerprint density at radius 1 is 1.28 bits per heavy atom. The monoisotopic (exact) mass is 359 g/mol. The van der Waals surface area contributed by atoms with Crippen molar-refractivity contribution in [2.45, 2.75) is 29.9 Å². The molecule has 25 heavy (non-hydrogen) atoms. The van der Waals surface area contributed by atoms with E-state index < -0.39 is 6.04 Å². The van der Waals surface area contributed by atoms with Crippen LogP contribution in [0.1, 0.15) is 24.4 Å². The van der Waals surface area contributed by atoms with Gasteiger partial charge in [-0.25, -0.2) is 4.79 Å². The van der Waals surface area contributed by atoms with Crippen LogP contribution in [-0.4, -0.2) is 48.9 Å². The lowest BCUT2D eigenvalue weighted by Crippen LogP contribution is -2.44. The molecular weight excluding hydrogens is 338 g/mol. The van der Waals surface area contributed by atoms with Crippen molar-refractivity contribution in [3.63, 3.8) is 0 Å². The molecule has 0 aromatic heterocycles. The maximum Gasteiger partial charge on any atom is 0.319 e. The highest BCUT2D eigenvalue weighted by Gasteiger charge is 2.41. The summed E-state index contributed by atoms with van der Waals surface area (Å²) < 4.78 is 5.66. The van der Waals surface area contributed by atoms with E-state index in [9.17, 15) is 9.59 Å². The normalized spacial score (nSPS) is 25.9. The van der Waals surface area contributed by atoms with Crippen LogP contribution in [0.5, 0.6) is 0 Å². The van der Waals surface area contributed by atoms with Gasteiger partial charge in [0, 0.05) is 18.0 Å². The van der Waals surface area contributed by atoms with Gasteiger partial charge < -0.3 is 20.3 Å². The molecule has 3 heterocycles. The summed E-state index contributed by atoms with van der Waals surface area (Å²) in [5, 5.41) is 5.70. The average molecular weight is 359 g/mol. The smallest absolute Gasteiger partial charge is 0.319 e. The Labute approximate surface area is 151 Å². The molecule has 132 valence electrons. The third kappa shape index (κ3) is 3.14. The fourth-order valence-electron chi connectivity index (χ4n) is 3.66. The predicted octanol–water partition coefficient (Wildman–Crippen LogP) is 2.04. The molecule has 3 amide bonds. The van der Waals surface area contributed by atoms with Crippen molar-refractivity contribution in [3.8, 4) is 0 Å². The van der Waals surface area contributed by atoms with Crippen molar-refractivity contribution in [1.29, 1.82) is 0 Å². The van der Waals surface area contributed by atoms with Crippen molar-refractivity contribution in [3.05, 3.63) is 41.1 Å². The Hall–Kier alpha value is -1.99. The lowest BCUT2D eigenvalue weighted by atomic mass is 9.96. The SMILES string of the molecule is CSc1ccc([C@H]2NC(=O)NC3=C2C(=O)N(C[C@@H]2CCCO2)C3)cc1. The number of nitrogens with one attached hydrogen (secondary N) is 2. The van der Waals surface area contributed by atoms with Crippen LogP contribution in [0.4, 0.5) is 4.79 Å². The fourth-order valence-corrected chi connectivity index (χ4v) is 4.06. The molecular formula is C18H21N3O3S. The van der Waals surface area contributed by atoms with E-state index in [2.05, 4.69) is 10.6 Å². The summed E-state index contributed by atoms with van der Waals surface area (Å²) in [5.41, 5.74) is 2.28. The van der Waals surface area contributed by atoms with Gasteiger partial charge in [-0.05, 0) is 36.8 Å². The predicted molar refractivity (Wildman–Crippen MR) is 95.2 cm³/mol. The van der Waals surface area contributed by atoms with Crippen molar-refractivity contribution in [1.82, 2.24) is 15.5 Å². The van der Waals surface area contributed by atoms with Crippen LogP contribution in [0, 0.1) is 0 Å². The molecule has 4 rings (SSSR count). The van der Waals surface area contributed by atoms with E-state index in [1.165, 1.54) is 0 Å². The van der Waals surface area contributed by atoms with Crippen molar-refractivity contribution in [2.24, 2.45) is 0 Å². The van der Waals surface area contributed by atoms with Gasteiger partial charge >= 0.3 is 6.03 Å². The number of hydrogen-bond acceptors (Lipinski definition) is 4. The largest absolute Gasteiger partial charge is 0.376 e. The fraction of sp³-hybridized carbons (Fsp3) is 0.444. The number of carbonyl (C=O) groups excluding carboxylic acids is 2. The van der Waals surface area contributed by atoms with E-state index in [4.69, 9.17) is 4.74 Å². The van der Waals surface area contributed by atoms with E-state index >= 15 is 0 Å². The lowest BCUT2D eigenvalue weighted by molar-refractivity contribution is -0.127. The Morgan fingerprint density at radius 2 is 2.08 bits per heavy atom. The zero-order valence-electron chi connectivity index (χ0n) is 14.1. The molecule has 0 unspecified atom stereocenters. The minimum Gasteiger partial charge on any atom is -0.376 e. The van der Waals surface area contributed by atoms with E-state index in [0.29, 0.717) is 24.4 Å². The van der Waals surface area contributed by atoms with Gasteiger partial charge in [-0.1, -0.05) is 12.1 Å². The van der Waals surface area contributed by atoms with Crippen molar-refractivity contribution >= 4 is 23.7 Å². The molecule has 0 bridgehead atoms. The zero-order chi connectivity index (χ0) is 17.4. The van der Waals surface area contributed by atoms with Crippen LogP contribution in [0.2, 0.25) is 0 Å². The molecule has 0 saturated carbocycles. The second kappa shape index (κ2) is 6.72. The number of urea groups is 1. The Kier molecular flexibility index (Phi) is 4.43.